The van der Waals surface area contributed by atoms with Crippen LogP contribution in [0.25, 0.3) is 11.4 Å². The van der Waals surface area contributed by atoms with E-state index in [2.05, 4.69) is 11.0 Å². The fourth-order valence-corrected chi connectivity index (χ4v) is 5.10. The topological polar surface area (TPSA) is 84.5 Å². The van der Waals surface area contributed by atoms with Gasteiger partial charge in [0.05, 0.1) is 29.3 Å². The highest BCUT2D eigenvalue weighted by atomic mass is 32.2. The summed E-state index contributed by atoms with van der Waals surface area (Å²) in [7, 11) is 0. The molecule has 6 nitrogen and oxygen atoms in total. The van der Waals surface area contributed by atoms with E-state index in [0.717, 1.165) is 79.9 Å². The molecule has 0 radical (unpaired) electrons. The van der Waals surface area contributed by atoms with Crippen LogP contribution in [0.1, 0.15) is 38.8 Å². The monoisotopic (exact) mass is 414 g/mol. The molecule has 1 aliphatic heterocycles. The quantitative estimate of drug-likeness (QED) is 0.671. The number of nitrogens with zero attached hydrogens (tertiary/aromatic N) is 3. The van der Waals surface area contributed by atoms with Gasteiger partial charge in [0.1, 0.15) is 5.82 Å². The van der Waals surface area contributed by atoms with E-state index in [1.807, 2.05) is 49.9 Å². The molecule has 0 unspecified atom stereocenters. The van der Waals surface area contributed by atoms with Gasteiger partial charge in [-0.2, -0.15) is 0 Å². The first-order valence-electron chi connectivity index (χ1n) is 10.3. The Kier molecular flexibility index (Phi) is 5.73. The van der Waals surface area contributed by atoms with Crippen LogP contribution in [0.2, 0.25) is 0 Å². The number of hydrogen-bond acceptors (Lipinski definition) is 7. The lowest BCUT2D eigenvalue weighted by Crippen LogP contribution is -2.37. The standard InChI is InChI=1S/C22H30N4O2S/c1-21(2,27)9-14-29-22(7-8-22)18-15-19(26-10-12-28-13-11-26)25-20(24-18)16-3-5-17(23)6-4-16/h3-6,15,27H,7-14,23H2,1-2H3. The molecule has 2 aromatic rings. The Hall–Kier alpha value is -1.83. The van der Waals surface area contributed by atoms with E-state index < -0.39 is 5.60 Å². The molecule has 0 bridgehead atoms. The van der Waals surface area contributed by atoms with Crippen LogP contribution in [0.5, 0.6) is 0 Å². The molecule has 1 aliphatic carbocycles. The Labute approximate surface area is 176 Å². The minimum absolute atomic E-state index is 0.0395. The van der Waals surface area contributed by atoms with E-state index in [-0.39, 0.29) is 4.75 Å². The van der Waals surface area contributed by atoms with Gasteiger partial charge in [-0.3, -0.25) is 0 Å². The molecule has 1 aromatic carbocycles. The second-order valence-electron chi connectivity index (χ2n) is 8.56. The number of aliphatic hydroxyl groups is 1. The third-order valence-corrected chi connectivity index (χ3v) is 7.06. The summed E-state index contributed by atoms with van der Waals surface area (Å²) in [4.78, 5) is 12.2. The highest BCUT2D eigenvalue weighted by Gasteiger charge is 2.47. The van der Waals surface area contributed by atoms with Crippen molar-refractivity contribution in [3.63, 3.8) is 0 Å². The molecule has 2 heterocycles. The SMILES string of the molecule is CC(C)(O)CCSC1(c2cc(N3CCOCC3)nc(-c3ccc(N)cc3)n2)CC1. The molecule has 2 fully saturated rings. The number of benzene rings is 1. The molecular formula is C22H30N4O2S. The number of aromatic nitrogens is 2. The first-order chi connectivity index (χ1) is 13.8. The number of hydrogen-bond donors (Lipinski definition) is 2. The van der Waals surface area contributed by atoms with Crippen molar-refractivity contribution in [3.8, 4) is 11.4 Å². The van der Waals surface area contributed by atoms with E-state index in [0.29, 0.717) is 0 Å². The van der Waals surface area contributed by atoms with Crippen LogP contribution >= 0.6 is 11.8 Å². The molecule has 1 saturated carbocycles. The van der Waals surface area contributed by atoms with Gasteiger partial charge in [-0.25, -0.2) is 9.97 Å². The van der Waals surface area contributed by atoms with Crippen LogP contribution < -0.4 is 10.6 Å². The van der Waals surface area contributed by atoms with Gasteiger partial charge in [-0.1, -0.05) is 0 Å². The molecule has 0 atom stereocenters. The fourth-order valence-electron chi connectivity index (χ4n) is 3.47. The van der Waals surface area contributed by atoms with E-state index in [1.165, 1.54) is 0 Å². The van der Waals surface area contributed by atoms with Crippen molar-refractivity contribution in [2.45, 2.75) is 43.5 Å². The largest absolute Gasteiger partial charge is 0.399 e. The average molecular weight is 415 g/mol. The first kappa shape index (κ1) is 20.4. The molecule has 0 amide bonds. The third kappa shape index (κ3) is 5.02. The number of rotatable bonds is 7. The summed E-state index contributed by atoms with van der Waals surface area (Å²) in [6.45, 7) is 6.87. The summed E-state index contributed by atoms with van der Waals surface area (Å²) in [5, 5.41) is 10.1. The Morgan fingerprint density at radius 3 is 2.48 bits per heavy atom. The lowest BCUT2D eigenvalue weighted by Gasteiger charge is -2.29. The van der Waals surface area contributed by atoms with Gasteiger partial charge >= 0.3 is 0 Å². The minimum atomic E-state index is -0.636. The van der Waals surface area contributed by atoms with Crippen molar-refractivity contribution < 1.29 is 9.84 Å². The van der Waals surface area contributed by atoms with Crippen LogP contribution in [-0.2, 0) is 9.48 Å². The number of morpholine rings is 1. The molecule has 1 aromatic heterocycles. The Balaban J connectivity index is 1.65. The predicted octanol–water partition coefficient (Wildman–Crippen LogP) is 3.45. The van der Waals surface area contributed by atoms with Gasteiger partial charge in [-0.05, 0) is 63.1 Å². The summed E-state index contributed by atoms with van der Waals surface area (Å²) in [6.07, 6.45) is 3.00. The summed E-state index contributed by atoms with van der Waals surface area (Å²) < 4.78 is 5.56. The van der Waals surface area contributed by atoms with Crippen LogP contribution in [-0.4, -0.2) is 52.7 Å². The molecule has 0 spiro atoms. The lowest BCUT2D eigenvalue weighted by atomic mass is 10.1. The van der Waals surface area contributed by atoms with Gasteiger partial charge in [0.15, 0.2) is 5.82 Å². The summed E-state index contributed by atoms with van der Waals surface area (Å²) >= 11 is 1.92. The lowest BCUT2D eigenvalue weighted by molar-refractivity contribution is 0.0777. The number of anilines is 2. The molecule has 4 rings (SSSR count). The average Bonchev–Trinajstić information content (AvgIpc) is 3.49. The maximum Gasteiger partial charge on any atom is 0.161 e. The van der Waals surface area contributed by atoms with Gasteiger partial charge in [0, 0.05) is 30.4 Å². The minimum Gasteiger partial charge on any atom is -0.399 e. The highest BCUT2D eigenvalue weighted by Crippen LogP contribution is 2.57. The third-order valence-electron chi connectivity index (χ3n) is 5.48. The Morgan fingerprint density at radius 2 is 1.86 bits per heavy atom. The van der Waals surface area contributed by atoms with Crippen molar-refractivity contribution in [3.05, 3.63) is 36.0 Å². The van der Waals surface area contributed by atoms with Crippen molar-refractivity contribution >= 4 is 23.3 Å². The number of ether oxygens (including phenoxy) is 1. The molecular weight excluding hydrogens is 384 g/mol. The van der Waals surface area contributed by atoms with Crippen molar-refractivity contribution in [2.75, 3.05) is 42.7 Å². The molecule has 29 heavy (non-hydrogen) atoms. The molecule has 156 valence electrons. The van der Waals surface area contributed by atoms with E-state index in [4.69, 9.17) is 20.4 Å². The van der Waals surface area contributed by atoms with E-state index in [1.54, 1.807) is 0 Å². The maximum absolute atomic E-state index is 10.1. The summed E-state index contributed by atoms with van der Waals surface area (Å²) in [5.74, 6) is 2.63. The number of thioether (sulfide) groups is 1. The Morgan fingerprint density at radius 1 is 1.17 bits per heavy atom. The molecule has 7 heteroatoms. The summed E-state index contributed by atoms with van der Waals surface area (Å²) in [5.41, 5.74) is 8.04. The van der Waals surface area contributed by atoms with Gasteiger partial charge < -0.3 is 20.5 Å². The van der Waals surface area contributed by atoms with Crippen LogP contribution in [0.15, 0.2) is 30.3 Å². The molecule has 3 N–H and O–H groups in total. The second kappa shape index (κ2) is 8.13. The fraction of sp³-hybridized carbons (Fsp3) is 0.545. The van der Waals surface area contributed by atoms with Crippen molar-refractivity contribution in [1.82, 2.24) is 9.97 Å². The maximum atomic E-state index is 10.1. The van der Waals surface area contributed by atoms with E-state index >= 15 is 0 Å². The number of nitrogens with two attached hydrogens (primary N) is 1. The number of nitrogen functional groups attached to an aromatic ring is 1. The van der Waals surface area contributed by atoms with E-state index in [9.17, 15) is 5.11 Å². The molecule has 2 aliphatic rings. The smallest absolute Gasteiger partial charge is 0.161 e. The predicted molar refractivity (Wildman–Crippen MR) is 119 cm³/mol. The Bertz CT molecular complexity index is 841. The van der Waals surface area contributed by atoms with Crippen LogP contribution in [0, 0.1) is 0 Å². The first-order valence-corrected chi connectivity index (χ1v) is 11.3. The summed E-state index contributed by atoms with van der Waals surface area (Å²) in [6, 6.07) is 9.92. The van der Waals surface area contributed by atoms with Crippen molar-refractivity contribution in [2.24, 2.45) is 0 Å². The zero-order valence-corrected chi connectivity index (χ0v) is 18.0. The van der Waals surface area contributed by atoms with Crippen LogP contribution in [0.4, 0.5) is 11.5 Å². The second-order valence-corrected chi connectivity index (χ2v) is 10.0. The van der Waals surface area contributed by atoms with Crippen molar-refractivity contribution in [1.29, 1.82) is 0 Å². The zero-order valence-electron chi connectivity index (χ0n) is 17.2. The van der Waals surface area contributed by atoms with Crippen LogP contribution in [0.3, 0.4) is 0 Å². The van der Waals surface area contributed by atoms with Gasteiger partial charge in [0.2, 0.25) is 0 Å². The molecule has 1 saturated heterocycles. The zero-order chi connectivity index (χ0) is 20.5. The van der Waals surface area contributed by atoms with Gasteiger partial charge in [0.25, 0.3) is 0 Å². The van der Waals surface area contributed by atoms with Gasteiger partial charge in [-0.15, -0.1) is 11.8 Å². The normalized spacial score (nSPS) is 18.7. The highest BCUT2D eigenvalue weighted by molar-refractivity contribution is 8.00.